The monoisotopic (exact) mass is 301 g/mol. The van der Waals surface area contributed by atoms with Crippen LogP contribution in [0.2, 0.25) is 0 Å². The number of aromatic nitrogens is 1. The molecule has 0 unspecified atom stereocenters. The van der Waals surface area contributed by atoms with E-state index in [0.717, 1.165) is 36.8 Å². The predicted octanol–water partition coefficient (Wildman–Crippen LogP) is 1.85. The molecule has 1 aliphatic heterocycles. The fourth-order valence-corrected chi connectivity index (χ4v) is 2.71. The number of aliphatic hydroxyl groups excluding tert-OH is 1. The first-order chi connectivity index (χ1) is 10.2. The minimum Gasteiger partial charge on any atom is -0.385 e. The van der Waals surface area contributed by atoms with Crippen molar-refractivity contribution in [3.8, 4) is 0 Å². The summed E-state index contributed by atoms with van der Waals surface area (Å²) in [7, 11) is 0. The van der Waals surface area contributed by atoms with Crippen LogP contribution in [0.5, 0.6) is 0 Å². The molecule has 0 radical (unpaired) electrons. The number of fused-ring (bicyclic) bond motifs is 1. The van der Waals surface area contributed by atoms with Crippen LogP contribution in [0, 0.1) is 0 Å². The number of amides is 1. The number of benzene rings is 1. The molecule has 2 aromatic rings. The predicted molar refractivity (Wildman–Crippen MR) is 87.2 cm³/mol. The highest BCUT2D eigenvalue weighted by molar-refractivity contribution is 5.83. The lowest BCUT2D eigenvalue weighted by molar-refractivity contribution is -0.134. The van der Waals surface area contributed by atoms with Gasteiger partial charge in [0.2, 0.25) is 5.91 Å². The van der Waals surface area contributed by atoms with Crippen molar-refractivity contribution in [3.05, 3.63) is 42.1 Å². The van der Waals surface area contributed by atoms with Gasteiger partial charge in [0.05, 0.1) is 11.2 Å². The third-order valence-electron chi connectivity index (χ3n) is 3.97. The van der Waals surface area contributed by atoms with Crippen LogP contribution >= 0.6 is 0 Å². The zero-order valence-electron chi connectivity index (χ0n) is 11.8. The molecule has 1 saturated heterocycles. The molecular weight excluding hydrogens is 278 g/mol. The Balaban J connectivity index is 0.00000176. The van der Waals surface area contributed by atoms with Crippen LogP contribution in [0.25, 0.3) is 10.9 Å². The van der Waals surface area contributed by atoms with E-state index in [1.807, 2.05) is 30.3 Å². The summed E-state index contributed by atoms with van der Waals surface area (Å²) >= 11 is 0. The lowest BCUT2D eigenvalue weighted by atomic mass is 10.1. The Hall–Kier alpha value is -1.98. The average Bonchev–Trinajstić information content (AvgIpc) is 3.06. The molecule has 0 aliphatic carbocycles. The van der Waals surface area contributed by atoms with Crippen LogP contribution in [-0.4, -0.2) is 40.0 Å². The average molecular weight is 301 g/mol. The number of pyridine rings is 1. The quantitative estimate of drug-likeness (QED) is 0.907. The van der Waals surface area contributed by atoms with E-state index in [4.69, 9.17) is 5.73 Å². The van der Waals surface area contributed by atoms with Crippen molar-refractivity contribution in [3.63, 3.8) is 0 Å². The zero-order chi connectivity index (χ0) is 14.8. The Kier molecular flexibility index (Phi) is 5.11. The molecular formula is C17H23N3O2. The van der Waals surface area contributed by atoms with Crippen LogP contribution in [0.4, 0.5) is 0 Å². The summed E-state index contributed by atoms with van der Waals surface area (Å²) in [6.07, 6.45) is 0.925. The molecule has 1 aromatic carbocycles. The number of carbonyl (C=O) groups is 1. The van der Waals surface area contributed by atoms with Gasteiger partial charge in [0.1, 0.15) is 12.1 Å². The second-order valence-electron chi connectivity index (χ2n) is 5.43. The van der Waals surface area contributed by atoms with Gasteiger partial charge < -0.3 is 15.7 Å². The SMILES string of the molecule is C.N[C@@H](C(=O)N1CCCC1)[C@@H](O)c1ccc2ccccc2n1. The van der Waals surface area contributed by atoms with Gasteiger partial charge in [-0.2, -0.15) is 0 Å². The number of nitrogens with zero attached hydrogens (tertiary/aromatic N) is 2. The van der Waals surface area contributed by atoms with E-state index in [0.29, 0.717) is 5.69 Å². The zero-order valence-corrected chi connectivity index (χ0v) is 11.8. The number of rotatable bonds is 3. The normalized spacial score (nSPS) is 17.1. The standard InChI is InChI=1S/C16H19N3O2.CH4/c17-14(16(21)19-9-3-4-10-19)15(20)13-8-7-11-5-1-2-6-12(11)18-13;/h1-2,5-8,14-15,20H,3-4,9-10,17H2;1H4/t14-,15+;/m1./s1. The summed E-state index contributed by atoms with van der Waals surface area (Å²) in [5, 5.41) is 11.3. The molecule has 0 saturated carbocycles. The van der Waals surface area contributed by atoms with Crippen LogP contribution < -0.4 is 5.73 Å². The van der Waals surface area contributed by atoms with Crippen LogP contribution in [0.3, 0.4) is 0 Å². The van der Waals surface area contributed by atoms with Gasteiger partial charge in [0.15, 0.2) is 0 Å². The minimum absolute atomic E-state index is 0. The molecule has 3 rings (SSSR count). The first kappa shape index (κ1) is 16.4. The first-order valence-electron chi connectivity index (χ1n) is 7.25. The number of hydrogen-bond acceptors (Lipinski definition) is 4. The molecule has 1 fully saturated rings. The van der Waals surface area contributed by atoms with Gasteiger partial charge in [0.25, 0.3) is 0 Å². The summed E-state index contributed by atoms with van der Waals surface area (Å²) < 4.78 is 0. The van der Waals surface area contributed by atoms with Gasteiger partial charge in [-0.1, -0.05) is 31.7 Å². The lowest BCUT2D eigenvalue weighted by Crippen LogP contribution is -2.46. The van der Waals surface area contributed by atoms with E-state index in [1.165, 1.54) is 0 Å². The molecule has 118 valence electrons. The van der Waals surface area contributed by atoms with E-state index < -0.39 is 12.1 Å². The van der Waals surface area contributed by atoms with Crippen LogP contribution in [0.1, 0.15) is 32.1 Å². The Labute approximate surface area is 130 Å². The lowest BCUT2D eigenvalue weighted by Gasteiger charge is -2.23. The third-order valence-corrected chi connectivity index (χ3v) is 3.97. The van der Waals surface area contributed by atoms with Crippen molar-refractivity contribution in [2.24, 2.45) is 5.73 Å². The summed E-state index contributed by atoms with van der Waals surface area (Å²) in [5.41, 5.74) is 7.16. The summed E-state index contributed by atoms with van der Waals surface area (Å²) in [4.78, 5) is 18.4. The van der Waals surface area contributed by atoms with Crippen molar-refractivity contribution in [2.45, 2.75) is 32.4 Å². The largest absolute Gasteiger partial charge is 0.385 e. The van der Waals surface area contributed by atoms with Gasteiger partial charge in [0, 0.05) is 18.5 Å². The topological polar surface area (TPSA) is 79.5 Å². The Morgan fingerprint density at radius 2 is 1.86 bits per heavy atom. The van der Waals surface area contributed by atoms with Crippen molar-refractivity contribution in [2.75, 3.05) is 13.1 Å². The van der Waals surface area contributed by atoms with Crippen molar-refractivity contribution < 1.29 is 9.90 Å². The van der Waals surface area contributed by atoms with Crippen LogP contribution in [-0.2, 0) is 4.79 Å². The first-order valence-corrected chi connectivity index (χ1v) is 7.25. The number of para-hydroxylation sites is 1. The number of carbonyl (C=O) groups excluding carboxylic acids is 1. The molecule has 5 heteroatoms. The van der Waals surface area contributed by atoms with Crippen LogP contribution in [0.15, 0.2) is 36.4 Å². The number of likely N-dealkylation sites (tertiary alicyclic amines) is 1. The Morgan fingerprint density at radius 3 is 2.59 bits per heavy atom. The van der Waals surface area contributed by atoms with Crippen molar-refractivity contribution in [1.29, 1.82) is 0 Å². The van der Waals surface area contributed by atoms with E-state index in [1.54, 1.807) is 11.0 Å². The van der Waals surface area contributed by atoms with Gasteiger partial charge in [-0.3, -0.25) is 4.79 Å². The highest BCUT2D eigenvalue weighted by Gasteiger charge is 2.30. The Bertz CT molecular complexity index is 653. The maximum Gasteiger partial charge on any atom is 0.242 e. The maximum absolute atomic E-state index is 12.2. The molecule has 1 amide bonds. The molecule has 2 heterocycles. The van der Waals surface area contributed by atoms with Gasteiger partial charge in [-0.05, 0) is 25.0 Å². The molecule has 2 atom stereocenters. The summed E-state index contributed by atoms with van der Waals surface area (Å²) in [6, 6.07) is 10.3. The van der Waals surface area contributed by atoms with E-state index in [2.05, 4.69) is 4.98 Å². The van der Waals surface area contributed by atoms with Crippen molar-refractivity contribution >= 4 is 16.8 Å². The highest BCUT2D eigenvalue weighted by atomic mass is 16.3. The minimum atomic E-state index is -1.08. The second kappa shape index (κ2) is 6.85. The fraction of sp³-hybridized carbons (Fsp3) is 0.412. The molecule has 22 heavy (non-hydrogen) atoms. The molecule has 1 aromatic heterocycles. The number of aliphatic hydroxyl groups is 1. The smallest absolute Gasteiger partial charge is 0.242 e. The summed E-state index contributed by atoms with van der Waals surface area (Å²) in [6.45, 7) is 1.45. The van der Waals surface area contributed by atoms with E-state index >= 15 is 0 Å². The molecule has 0 spiro atoms. The van der Waals surface area contributed by atoms with E-state index in [9.17, 15) is 9.90 Å². The highest BCUT2D eigenvalue weighted by Crippen LogP contribution is 2.20. The van der Waals surface area contributed by atoms with Crippen molar-refractivity contribution in [1.82, 2.24) is 9.88 Å². The molecule has 5 nitrogen and oxygen atoms in total. The molecule has 0 bridgehead atoms. The second-order valence-corrected chi connectivity index (χ2v) is 5.43. The van der Waals surface area contributed by atoms with Gasteiger partial charge in [-0.25, -0.2) is 4.98 Å². The summed E-state index contributed by atoms with van der Waals surface area (Å²) in [5.74, 6) is -0.199. The molecule has 1 aliphatic rings. The third kappa shape index (κ3) is 3.10. The fourth-order valence-electron chi connectivity index (χ4n) is 2.71. The molecule has 3 N–H and O–H groups in total. The Morgan fingerprint density at radius 1 is 1.18 bits per heavy atom. The van der Waals surface area contributed by atoms with Gasteiger partial charge in [-0.15, -0.1) is 0 Å². The number of hydrogen-bond donors (Lipinski definition) is 2. The maximum atomic E-state index is 12.2. The van der Waals surface area contributed by atoms with E-state index in [-0.39, 0.29) is 13.3 Å². The number of nitrogens with two attached hydrogens (primary N) is 1. The van der Waals surface area contributed by atoms with Gasteiger partial charge >= 0.3 is 0 Å².